The van der Waals surface area contributed by atoms with Crippen molar-refractivity contribution in [2.75, 3.05) is 27.4 Å². The van der Waals surface area contributed by atoms with Gasteiger partial charge >= 0.3 is 0 Å². The van der Waals surface area contributed by atoms with Gasteiger partial charge in [0.2, 0.25) is 11.8 Å². The molecule has 0 atom stereocenters. The van der Waals surface area contributed by atoms with E-state index < -0.39 is 11.8 Å². The Morgan fingerprint density at radius 1 is 0.750 bits per heavy atom. The van der Waals surface area contributed by atoms with E-state index in [-0.39, 0.29) is 12.8 Å². The Labute approximate surface area is 210 Å². The van der Waals surface area contributed by atoms with E-state index in [2.05, 4.69) is 34.2 Å². The summed E-state index contributed by atoms with van der Waals surface area (Å²) in [5.41, 5.74) is 6.16. The van der Waals surface area contributed by atoms with Crippen molar-refractivity contribution in [2.24, 2.45) is 10.2 Å². The number of methoxy groups -OCH3 is 2. The molecule has 0 saturated carbocycles. The largest absolute Gasteiger partial charge is 0.493 e. The molecule has 36 heavy (non-hydrogen) atoms. The number of hydrogen-bond donors (Lipinski definition) is 2. The fourth-order valence-corrected chi connectivity index (χ4v) is 2.76. The molecular weight excluding hydrogens is 464 g/mol. The van der Waals surface area contributed by atoms with Crippen LogP contribution in [0.4, 0.5) is 0 Å². The number of hydrazone groups is 2. The normalized spacial score (nSPS) is 10.6. The lowest BCUT2D eigenvalue weighted by atomic mass is 10.2. The van der Waals surface area contributed by atoms with Crippen molar-refractivity contribution in [3.63, 3.8) is 0 Å². The zero-order chi connectivity index (χ0) is 26.2. The minimum atomic E-state index is -0.414. The van der Waals surface area contributed by atoms with Crippen molar-refractivity contribution < 1.29 is 28.5 Å². The summed E-state index contributed by atoms with van der Waals surface area (Å²) >= 11 is 0. The van der Waals surface area contributed by atoms with Crippen LogP contribution in [-0.4, -0.2) is 51.7 Å². The van der Waals surface area contributed by atoms with Gasteiger partial charge in [-0.3, -0.25) is 9.59 Å². The highest BCUT2D eigenvalue weighted by Gasteiger charge is 2.07. The van der Waals surface area contributed by atoms with Crippen LogP contribution in [0.25, 0.3) is 0 Å². The van der Waals surface area contributed by atoms with Crippen LogP contribution in [0.5, 0.6) is 23.0 Å². The molecule has 10 heteroatoms. The lowest BCUT2D eigenvalue weighted by molar-refractivity contribution is -0.126. The molecule has 0 fully saturated rings. The van der Waals surface area contributed by atoms with Crippen LogP contribution >= 0.6 is 0 Å². The fraction of sp³-hybridized carbons (Fsp3) is 0.231. The molecule has 2 N–H and O–H groups in total. The van der Waals surface area contributed by atoms with Crippen LogP contribution in [-0.2, 0) is 9.59 Å². The van der Waals surface area contributed by atoms with Crippen LogP contribution in [0.3, 0.4) is 0 Å². The second-order valence-electron chi connectivity index (χ2n) is 7.11. The average Bonchev–Trinajstić information content (AvgIpc) is 2.90. The molecule has 2 rings (SSSR count). The lowest BCUT2D eigenvalue weighted by Gasteiger charge is -2.09. The molecule has 0 aromatic heterocycles. The number of nitrogens with one attached hydrogen (secondary N) is 2. The number of hydrogen-bond acceptors (Lipinski definition) is 8. The smallest absolute Gasteiger partial charge is 0.240 e. The van der Waals surface area contributed by atoms with E-state index in [9.17, 15) is 9.59 Å². The molecule has 2 aromatic rings. The van der Waals surface area contributed by atoms with Crippen molar-refractivity contribution in [1.29, 1.82) is 0 Å². The van der Waals surface area contributed by atoms with E-state index in [0.717, 1.165) is 0 Å². The Morgan fingerprint density at radius 2 is 1.17 bits per heavy atom. The van der Waals surface area contributed by atoms with Gasteiger partial charge in [0.1, 0.15) is 13.2 Å². The SMILES string of the molecule is C=CCOc1ccc(C=NNC(=O)CCC(=O)NN=Cc2ccc(OCC=C)c(OC)c2)cc1OC. The Morgan fingerprint density at radius 3 is 1.53 bits per heavy atom. The molecule has 10 nitrogen and oxygen atoms in total. The van der Waals surface area contributed by atoms with Gasteiger partial charge in [-0.25, -0.2) is 10.9 Å². The highest BCUT2D eigenvalue weighted by atomic mass is 16.5. The summed E-state index contributed by atoms with van der Waals surface area (Å²) in [6.45, 7) is 7.92. The summed E-state index contributed by atoms with van der Waals surface area (Å²) < 4.78 is 21.6. The molecule has 0 radical (unpaired) electrons. The van der Waals surface area contributed by atoms with Crippen molar-refractivity contribution in [2.45, 2.75) is 12.8 Å². The zero-order valence-electron chi connectivity index (χ0n) is 20.4. The van der Waals surface area contributed by atoms with Crippen LogP contribution < -0.4 is 29.8 Å². The van der Waals surface area contributed by atoms with E-state index in [1.807, 2.05) is 0 Å². The molecular formula is C26H30N4O6. The fourth-order valence-electron chi connectivity index (χ4n) is 2.76. The third-order valence-corrected chi connectivity index (χ3v) is 4.47. The Kier molecular flexibility index (Phi) is 11.8. The number of rotatable bonds is 15. The summed E-state index contributed by atoms with van der Waals surface area (Å²) in [6.07, 6.45) is 6.08. The summed E-state index contributed by atoms with van der Waals surface area (Å²) in [6, 6.07) is 10.4. The standard InChI is InChI=1S/C26H30N4O6/c1-5-13-35-21-9-7-19(15-23(21)33-3)17-27-29-25(31)11-12-26(32)30-28-18-20-8-10-22(36-14-6-2)24(16-20)34-4/h5-10,15-18H,1-2,11-14H2,3-4H3,(H,29,31)(H,30,32). The van der Waals surface area contributed by atoms with Crippen molar-refractivity contribution in [3.8, 4) is 23.0 Å². The van der Waals surface area contributed by atoms with E-state index in [0.29, 0.717) is 47.3 Å². The van der Waals surface area contributed by atoms with Gasteiger partial charge in [0.05, 0.1) is 26.6 Å². The first-order chi connectivity index (χ1) is 17.5. The van der Waals surface area contributed by atoms with E-state index in [1.165, 1.54) is 26.6 Å². The van der Waals surface area contributed by atoms with Gasteiger partial charge in [0.25, 0.3) is 0 Å². The van der Waals surface area contributed by atoms with E-state index in [1.54, 1.807) is 48.6 Å². The molecule has 2 amide bonds. The molecule has 0 aliphatic rings. The lowest BCUT2D eigenvalue weighted by Crippen LogP contribution is -2.22. The first-order valence-corrected chi connectivity index (χ1v) is 11.0. The molecule has 190 valence electrons. The van der Waals surface area contributed by atoms with Crippen LogP contribution in [0, 0.1) is 0 Å². The average molecular weight is 495 g/mol. The Hall–Kier alpha value is -4.60. The topological polar surface area (TPSA) is 120 Å². The van der Waals surface area contributed by atoms with Gasteiger partial charge in [0, 0.05) is 12.8 Å². The highest BCUT2D eigenvalue weighted by Crippen LogP contribution is 2.28. The van der Waals surface area contributed by atoms with Gasteiger partial charge < -0.3 is 18.9 Å². The van der Waals surface area contributed by atoms with Crippen LogP contribution in [0.2, 0.25) is 0 Å². The van der Waals surface area contributed by atoms with Crippen molar-refractivity contribution in [3.05, 3.63) is 72.8 Å². The van der Waals surface area contributed by atoms with Crippen molar-refractivity contribution >= 4 is 24.2 Å². The number of nitrogens with zero attached hydrogens (tertiary/aromatic N) is 2. The summed E-state index contributed by atoms with van der Waals surface area (Å²) in [7, 11) is 3.06. The summed E-state index contributed by atoms with van der Waals surface area (Å²) in [5.74, 6) is 1.37. The first kappa shape index (κ1) is 27.6. The number of amides is 2. The third kappa shape index (κ3) is 9.34. The monoisotopic (exact) mass is 494 g/mol. The number of carbonyl (C=O) groups is 2. The number of carbonyl (C=O) groups excluding carboxylic acids is 2. The zero-order valence-corrected chi connectivity index (χ0v) is 20.4. The molecule has 0 aliphatic heterocycles. The van der Waals surface area contributed by atoms with Gasteiger partial charge in [0.15, 0.2) is 23.0 Å². The molecule has 0 spiro atoms. The van der Waals surface area contributed by atoms with Gasteiger partial charge in [-0.05, 0) is 47.5 Å². The van der Waals surface area contributed by atoms with E-state index in [4.69, 9.17) is 18.9 Å². The minimum absolute atomic E-state index is 0.0560. The predicted molar refractivity (Wildman–Crippen MR) is 138 cm³/mol. The highest BCUT2D eigenvalue weighted by molar-refractivity contribution is 5.87. The van der Waals surface area contributed by atoms with Gasteiger partial charge in [-0.2, -0.15) is 10.2 Å². The predicted octanol–water partition coefficient (Wildman–Crippen LogP) is 3.21. The van der Waals surface area contributed by atoms with Gasteiger partial charge in [-0.15, -0.1) is 0 Å². The number of ether oxygens (including phenoxy) is 4. The van der Waals surface area contributed by atoms with E-state index >= 15 is 0 Å². The van der Waals surface area contributed by atoms with Crippen molar-refractivity contribution in [1.82, 2.24) is 10.9 Å². The molecule has 0 aliphatic carbocycles. The summed E-state index contributed by atoms with van der Waals surface area (Å²) in [5, 5.41) is 7.81. The quantitative estimate of drug-likeness (QED) is 0.223. The Balaban J connectivity index is 1.78. The molecule has 0 saturated heterocycles. The van der Waals surface area contributed by atoms with Gasteiger partial charge in [-0.1, -0.05) is 25.3 Å². The first-order valence-electron chi connectivity index (χ1n) is 11.0. The van der Waals surface area contributed by atoms with Crippen LogP contribution in [0.1, 0.15) is 24.0 Å². The minimum Gasteiger partial charge on any atom is -0.493 e. The second kappa shape index (κ2) is 15.3. The second-order valence-corrected chi connectivity index (χ2v) is 7.11. The molecule has 0 bridgehead atoms. The molecule has 0 unspecified atom stereocenters. The maximum Gasteiger partial charge on any atom is 0.240 e. The Bertz CT molecular complexity index is 1030. The molecule has 2 aromatic carbocycles. The number of benzene rings is 2. The van der Waals surface area contributed by atoms with Crippen LogP contribution in [0.15, 0.2) is 71.9 Å². The third-order valence-electron chi connectivity index (χ3n) is 4.47. The maximum absolute atomic E-state index is 12.0. The molecule has 0 heterocycles. The maximum atomic E-state index is 12.0. The summed E-state index contributed by atoms with van der Waals surface area (Å²) in [4.78, 5) is 24.0.